The topological polar surface area (TPSA) is 0 Å². The molecule has 0 aromatic heterocycles. The summed E-state index contributed by atoms with van der Waals surface area (Å²) in [5.41, 5.74) is 11.3. The van der Waals surface area contributed by atoms with Gasteiger partial charge in [0.05, 0.1) is 0 Å². The summed E-state index contributed by atoms with van der Waals surface area (Å²) in [4.78, 5) is 0. The molecule has 0 heterocycles. The molecule has 0 radical (unpaired) electrons. The second-order valence-electron chi connectivity index (χ2n) is 11.6. The third-order valence-corrected chi connectivity index (χ3v) is 10.9. The molecule has 3 bridgehead atoms. The van der Waals surface area contributed by atoms with Crippen molar-refractivity contribution in [1.29, 1.82) is 0 Å². The third-order valence-electron chi connectivity index (χ3n) is 10.9. The summed E-state index contributed by atoms with van der Waals surface area (Å²) >= 11 is 0. The Morgan fingerprint density at radius 1 is 0.786 bits per heavy atom. The Balaban J connectivity index is 1.34. The second kappa shape index (κ2) is 4.45. The van der Waals surface area contributed by atoms with E-state index in [4.69, 9.17) is 0 Å². The standard InChI is InChI=1S/C28H30/c1-17-4-6-22-23-7-5-19(13-25(23)26(24(22)10-17)8-2-3-9-26)28-16-20-11-18-12-21(28)15-27(20,28)14-18/h4-7,10,13,18,20-21H,2-3,8-9,11-12,14-16H2,1H3. The van der Waals surface area contributed by atoms with Gasteiger partial charge >= 0.3 is 0 Å². The van der Waals surface area contributed by atoms with Gasteiger partial charge in [-0.05, 0) is 103 Å². The smallest absolute Gasteiger partial charge is 0.0215 e. The Labute approximate surface area is 168 Å². The van der Waals surface area contributed by atoms with Crippen LogP contribution in [0.4, 0.5) is 0 Å². The highest BCUT2D eigenvalue weighted by Gasteiger charge is 2.80. The molecule has 7 aliphatic carbocycles. The van der Waals surface area contributed by atoms with Crippen LogP contribution in [0.5, 0.6) is 0 Å². The van der Waals surface area contributed by atoms with Crippen LogP contribution in [-0.4, -0.2) is 0 Å². The molecule has 0 amide bonds. The lowest BCUT2D eigenvalue weighted by atomic mass is 9.27. The van der Waals surface area contributed by atoms with Gasteiger partial charge in [0.2, 0.25) is 0 Å². The van der Waals surface area contributed by atoms with Gasteiger partial charge < -0.3 is 0 Å². The van der Waals surface area contributed by atoms with Gasteiger partial charge in [0.25, 0.3) is 0 Å². The minimum atomic E-state index is 0.335. The van der Waals surface area contributed by atoms with E-state index in [2.05, 4.69) is 43.3 Å². The van der Waals surface area contributed by atoms with Crippen molar-refractivity contribution < 1.29 is 0 Å². The van der Waals surface area contributed by atoms with Crippen molar-refractivity contribution in [1.82, 2.24) is 0 Å². The maximum absolute atomic E-state index is 2.76. The first-order chi connectivity index (χ1) is 13.7. The van der Waals surface area contributed by atoms with Gasteiger partial charge in [-0.15, -0.1) is 0 Å². The van der Waals surface area contributed by atoms with Gasteiger partial charge in [-0.1, -0.05) is 54.8 Å². The van der Waals surface area contributed by atoms with Crippen LogP contribution in [0.15, 0.2) is 36.4 Å². The molecule has 0 saturated heterocycles. The number of rotatable bonds is 1. The van der Waals surface area contributed by atoms with Crippen molar-refractivity contribution in [2.24, 2.45) is 23.2 Å². The van der Waals surface area contributed by atoms with Gasteiger partial charge in [-0.3, -0.25) is 0 Å². The molecule has 2 aromatic rings. The Morgan fingerprint density at radius 3 is 2.39 bits per heavy atom. The minimum absolute atomic E-state index is 0.335. The summed E-state index contributed by atoms with van der Waals surface area (Å²) in [6.45, 7) is 2.27. The third kappa shape index (κ3) is 1.36. The Bertz CT molecular complexity index is 1050. The van der Waals surface area contributed by atoms with Crippen molar-refractivity contribution >= 4 is 0 Å². The highest BCUT2D eigenvalue weighted by Crippen LogP contribution is 2.86. The molecule has 6 fully saturated rings. The number of hydrogen-bond acceptors (Lipinski definition) is 0. The maximum atomic E-state index is 2.76. The SMILES string of the molecule is Cc1ccc2c(c1)C1(CCCC1)c1cc(C34CC5CC6CC3CC54C6)ccc1-2. The molecule has 6 saturated carbocycles. The van der Waals surface area contributed by atoms with Crippen molar-refractivity contribution in [3.8, 4) is 11.1 Å². The van der Waals surface area contributed by atoms with Gasteiger partial charge in [-0.2, -0.15) is 0 Å². The van der Waals surface area contributed by atoms with Crippen LogP contribution in [0.3, 0.4) is 0 Å². The van der Waals surface area contributed by atoms with Crippen LogP contribution in [0.2, 0.25) is 0 Å². The van der Waals surface area contributed by atoms with Crippen LogP contribution in [-0.2, 0) is 10.8 Å². The fraction of sp³-hybridized carbons (Fsp3) is 0.571. The number of aryl methyl sites for hydroxylation is 1. The zero-order valence-corrected chi connectivity index (χ0v) is 17.1. The molecule has 5 unspecified atom stereocenters. The van der Waals surface area contributed by atoms with E-state index in [0.717, 1.165) is 23.2 Å². The van der Waals surface area contributed by atoms with E-state index in [1.54, 1.807) is 53.5 Å². The first-order valence-electron chi connectivity index (χ1n) is 11.9. The highest BCUT2D eigenvalue weighted by molar-refractivity contribution is 5.82. The van der Waals surface area contributed by atoms with Crippen LogP contribution < -0.4 is 0 Å². The van der Waals surface area contributed by atoms with Gasteiger partial charge in [0, 0.05) is 10.8 Å². The first-order valence-corrected chi connectivity index (χ1v) is 11.9. The monoisotopic (exact) mass is 366 g/mol. The normalized spacial score (nSPS) is 42.1. The summed E-state index contributed by atoms with van der Waals surface area (Å²) in [5.74, 6) is 3.17. The Kier molecular flexibility index (Phi) is 2.43. The molecule has 7 aliphatic rings. The zero-order chi connectivity index (χ0) is 18.3. The molecule has 0 N–H and O–H groups in total. The van der Waals surface area contributed by atoms with E-state index in [0.29, 0.717) is 10.8 Å². The molecule has 142 valence electrons. The molecule has 0 heteroatoms. The number of benzene rings is 2. The van der Waals surface area contributed by atoms with E-state index in [-0.39, 0.29) is 0 Å². The zero-order valence-electron chi connectivity index (χ0n) is 17.1. The van der Waals surface area contributed by atoms with Crippen LogP contribution >= 0.6 is 0 Å². The fourth-order valence-electron chi connectivity index (χ4n) is 10.1. The lowest BCUT2D eigenvalue weighted by Gasteiger charge is -2.77. The van der Waals surface area contributed by atoms with Crippen LogP contribution in [0.25, 0.3) is 11.1 Å². The molecular formula is C28H30. The predicted molar refractivity (Wildman–Crippen MR) is 114 cm³/mol. The Morgan fingerprint density at radius 2 is 1.54 bits per heavy atom. The van der Waals surface area contributed by atoms with Crippen molar-refractivity contribution in [2.45, 2.75) is 75.5 Å². The predicted octanol–water partition coefficient (Wildman–Crippen LogP) is 6.91. The highest BCUT2D eigenvalue weighted by atomic mass is 14.8. The summed E-state index contributed by atoms with van der Waals surface area (Å²) in [5, 5.41) is 0. The van der Waals surface area contributed by atoms with E-state index in [1.807, 2.05) is 0 Å². The minimum Gasteiger partial charge on any atom is -0.0587 e. The molecule has 28 heavy (non-hydrogen) atoms. The fourth-order valence-corrected chi connectivity index (χ4v) is 10.1. The molecule has 2 aromatic carbocycles. The van der Waals surface area contributed by atoms with E-state index >= 15 is 0 Å². The van der Waals surface area contributed by atoms with Crippen LogP contribution in [0.1, 0.15) is 80.0 Å². The maximum Gasteiger partial charge on any atom is 0.0215 e. The molecule has 2 spiro atoms. The lowest BCUT2D eigenvalue weighted by Crippen LogP contribution is -2.72. The summed E-state index contributed by atoms with van der Waals surface area (Å²) in [6.07, 6.45) is 13.3. The Hall–Kier alpha value is -1.56. The van der Waals surface area contributed by atoms with Gasteiger partial charge in [0.15, 0.2) is 0 Å². The second-order valence-corrected chi connectivity index (χ2v) is 11.6. The summed E-state index contributed by atoms with van der Waals surface area (Å²) < 4.78 is 0. The van der Waals surface area contributed by atoms with Crippen molar-refractivity contribution in [3.05, 3.63) is 58.7 Å². The van der Waals surface area contributed by atoms with E-state index in [9.17, 15) is 0 Å². The van der Waals surface area contributed by atoms with Gasteiger partial charge in [-0.25, -0.2) is 0 Å². The van der Waals surface area contributed by atoms with Gasteiger partial charge in [0.1, 0.15) is 0 Å². The van der Waals surface area contributed by atoms with Crippen LogP contribution in [0, 0.1) is 30.1 Å². The number of fused-ring (bicyclic) bond motifs is 5. The summed E-state index contributed by atoms with van der Waals surface area (Å²) in [6, 6.07) is 15.2. The van der Waals surface area contributed by atoms with E-state index in [1.165, 1.54) is 37.7 Å². The average molecular weight is 367 g/mol. The molecule has 5 atom stereocenters. The largest absolute Gasteiger partial charge is 0.0587 e. The molecule has 0 nitrogen and oxygen atoms in total. The number of hydrogen-bond donors (Lipinski definition) is 0. The lowest BCUT2D eigenvalue weighted by molar-refractivity contribution is -0.220. The average Bonchev–Trinajstić information content (AvgIpc) is 3.31. The first kappa shape index (κ1) is 15.3. The van der Waals surface area contributed by atoms with Crippen molar-refractivity contribution in [3.63, 3.8) is 0 Å². The summed E-state index contributed by atoms with van der Waals surface area (Å²) in [7, 11) is 0. The van der Waals surface area contributed by atoms with Crippen molar-refractivity contribution in [2.75, 3.05) is 0 Å². The quantitative estimate of drug-likeness (QED) is 0.514. The molecule has 9 rings (SSSR count). The van der Waals surface area contributed by atoms with E-state index < -0.39 is 0 Å². The molecular weight excluding hydrogens is 336 g/mol. The molecule has 0 aliphatic heterocycles.